The molecular formula is C14H17ClFNO. The third-order valence-corrected chi connectivity index (χ3v) is 4.09. The van der Waals surface area contributed by atoms with Crippen molar-refractivity contribution in [3.63, 3.8) is 0 Å². The van der Waals surface area contributed by atoms with E-state index < -0.39 is 0 Å². The first-order chi connectivity index (χ1) is 8.58. The van der Waals surface area contributed by atoms with Crippen molar-refractivity contribution in [2.45, 2.75) is 25.1 Å². The van der Waals surface area contributed by atoms with Crippen LogP contribution in [0.15, 0.2) is 24.3 Å². The first-order valence-corrected chi connectivity index (χ1v) is 6.67. The fourth-order valence-electron chi connectivity index (χ4n) is 2.17. The lowest BCUT2D eigenvalue weighted by atomic mass is 9.98. The van der Waals surface area contributed by atoms with E-state index >= 15 is 0 Å². The van der Waals surface area contributed by atoms with Gasteiger partial charge in [0.05, 0.1) is 11.8 Å². The van der Waals surface area contributed by atoms with Crippen LogP contribution in [0, 0.1) is 11.7 Å². The van der Waals surface area contributed by atoms with E-state index in [1.54, 1.807) is 23.1 Å². The summed E-state index contributed by atoms with van der Waals surface area (Å²) in [6, 6.07) is 6.40. The molecule has 1 amide bonds. The maximum atomic E-state index is 13.5. The molecule has 1 heterocycles. The van der Waals surface area contributed by atoms with Crippen molar-refractivity contribution >= 4 is 17.5 Å². The molecule has 4 heteroatoms. The minimum absolute atomic E-state index is 0.00307. The van der Waals surface area contributed by atoms with E-state index in [1.807, 2.05) is 0 Å². The molecule has 2 nitrogen and oxygen atoms in total. The Morgan fingerprint density at radius 1 is 1.50 bits per heavy atom. The van der Waals surface area contributed by atoms with Crippen molar-refractivity contribution in [3.05, 3.63) is 35.6 Å². The molecular weight excluding hydrogens is 253 g/mol. The van der Waals surface area contributed by atoms with Gasteiger partial charge in [-0.05, 0) is 24.0 Å². The zero-order chi connectivity index (χ0) is 13.1. The monoisotopic (exact) mass is 269 g/mol. The number of benzene rings is 1. The molecule has 2 rings (SSSR count). The molecule has 1 aromatic carbocycles. The van der Waals surface area contributed by atoms with Crippen molar-refractivity contribution in [2.24, 2.45) is 5.92 Å². The molecule has 98 valence electrons. The molecule has 0 saturated carbocycles. The minimum atomic E-state index is -0.321. The van der Waals surface area contributed by atoms with Gasteiger partial charge < -0.3 is 4.90 Å². The van der Waals surface area contributed by atoms with Crippen LogP contribution in [0.5, 0.6) is 0 Å². The van der Waals surface area contributed by atoms with E-state index in [0.717, 1.165) is 13.0 Å². The van der Waals surface area contributed by atoms with Crippen LogP contribution >= 0.6 is 11.6 Å². The van der Waals surface area contributed by atoms with Crippen LogP contribution < -0.4 is 0 Å². The minimum Gasteiger partial charge on any atom is -0.341 e. The van der Waals surface area contributed by atoms with Crippen LogP contribution in [-0.2, 0) is 11.2 Å². The van der Waals surface area contributed by atoms with Crippen molar-refractivity contribution in [2.75, 3.05) is 13.1 Å². The SMILES string of the molecule is CC1CCN(C(=O)Cc2ccccc2F)CC1Cl. The van der Waals surface area contributed by atoms with Crippen LogP contribution in [0.3, 0.4) is 0 Å². The van der Waals surface area contributed by atoms with Gasteiger partial charge in [0.25, 0.3) is 0 Å². The summed E-state index contributed by atoms with van der Waals surface area (Å²) in [5, 5.41) is 0.00307. The predicted octanol–water partition coefficient (Wildman–Crippen LogP) is 2.84. The first-order valence-electron chi connectivity index (χ1n) is 6.23. The van der Waals surface area contributed by atoms with E-state index in [4.69, 9.17) is 11.6 Å². The second-order valence-electron chi connectivity index (χ2n) is 4.89. The molecule has 1 aromatic rings. The van der Waals surface area contributed by atoms with Gasteiger partial charge in [-0.3, -0.25) is 4.79 Å². The van der Waals surface area contributed by atoms with Gasteiger partial charge in [-0.25, -0.2) is 4.39 Å². The number of carbonyl (C=O) groups is 1. The van der Waals surface area contributed by atoms with Gasteiger partial charge in [-0.1, -0.05) is 25.1 Å². The number of rotatable bonds is 2. The van der Waals surface area contributed by atoms with Crippen LogP contribution in [0.2, 0.25) is 0 Å². The van der Waals surface area contributed by atoms with Crippen molar-refractivity contribution in [3.8, 4) is 0 Å². The molecule has 0 radical (unpaired) electrons. The third kappa shape index (κ3) is 3.02. The summed E-state index contributed by atoms with van der Waals surface area (Å²) in [4.78, 5) is 13.8. The summed E-state index contributed by atoms with van der Waals surface area (Å²) in [6.07, 6.45) is 1.03. The standard InChI is InChI=1S/C14H17ClFNO/c1-10-6-7-17(9-12(10)15)14(18)8-11-4-2-3-5-13(11)16/h2-5,10,12H,6-9H2,1H3. The number of hydrogen-bond acceptors (Lipinski definition) is 1. The van der Waals surface area contributed by atoms with Gasteiger partial charge in [0.2, 0.25) is 5.91 Å². The van der Waals surface area contributed by atoms with Crippen LogP contribution in [0.25, 0.3) is 0 Å². The van der Waals surface area contributed by atoms with Gasteiger partial charge in [0, 0.05) is 13.1 Å². The number of nitrogens with zero attached hydrogens (tertiary/aromatic N) is 1. The highest BCUT2D eigenvalue weighted by atomic mass is 35.5. The molecule has 0 aliphatic carbocycles. The Kier molecular flexibility index (Phi) is 4.23. The maximum absolute atomic E-state index is 13.5. The molecule has 18 heavy (non-hydrogen) atoms. The number of piperidine rings is 1. The summed E-state index contributed by atoms with van der Waals surface area (Å²) in [7, 11) is 0. The Hall–Kier alpha value is -1.09. The lowest BCUT2D eigenvalue weighted by Crippen LogP contribution is -2.44. The summed E-state index contributed by atoms with van der Waals surface area (Å²) in [5.41, 5.74) is 0.451. The number of hydrogen-bond donors (Lipinski definition) is 0. The predicted molar refractivity (Wildman–Crippen MR) is 70.1 cm³/mol. The smallest absolute Gasteiger partial charge is 0.227 e. The molecule has 0 spiro atoms. The Bertz CT molecular complexity index is 438. The average Bonchev–Trinajstić information content (AvgIpc) is 2.35. The lowest BCUT2D eigenvalue weighted by Gasteiger charge is -2.34. The van der Waals surface area contributed by atoms with E-state index in [0.29, 0.717) is 18.0 Å². The van der Waals surface area contributed by atoms with E-state index in [1.165, 1.54) is 6.07 Å². The van der Waals surface area contributed by atoms with Crippen molar-refractivity contribution < 1.29 is 9.18 Å². The third-order valence-electron chi connectivity index (χ3n) is 3.52. The number of halogens is 2. The fraction of sp³-hybridized carbons (Fsp3) is 0.500. The summed E-state index contributed by atoms with van der Waals surface area (Å²) in [6.45, 7) is 3.38. The second-order valence-corrected chi connectivity index (χ2v) is 5.45. The van der Waals surface area contributed by atoms with E-state index in [9.17, 15) is 9.18 Å². The summed E-state index contributed by atoms with van der Waals surface area (Å²) < 4.78 is 13.5. The van der Waals surface area contributed by atoms with E-state index in [-0.39, 0.29) is 23.5 Å². The summed E-state index contributed by atoms with van der Waals surface area (Å²) in [5.74, 6) is 0.0699. The van der Waals surface area contributed by atoms with Crippen molar-refractivity contribution in [1.82, 2.24) is 4.90 Å². The molecule has 1 saturated heterocycles. The Morgan fingerprint density at radius 3 is 2.89 bits per heavy atom. The Labute approximate surface area is 112 Å². The normalized spacial score (nSPS) is 24.1. The Morgan fingerprint density at radius 2 is 2.22 bits per heavy atom. The first kappa shape index (κ1) is 13.3. The summed E-state index contributed by atoms with van der Waals surface area (Å²) >= 11 is 6.17. The van der Waals surface area contributed by atoms with Crippen molar-refractivity contribution in [1.29, 1.82) is 0 Å². The molecule has 2 atom stereocenters. The van der Waals surface area contributed by atoms with Gasteiger partial charge >= 0.3 is 0 Å². The molecule has 0 N–H and O–H groups in total. The molecule has 0 bridgehead atoms. The largest absolute Gasteiger partial charge is 0.341 e. The molecule has 0 aromatic heterocycles. The van der Waals surface area contributed by atoms with Gasteiger partial charge in [-0.15, -0.1) is 11.6 Å². The van der Waals surface area contributed by atoms with Gasteiger partial charge in [-0.2, -0.15) is 0 Å². The zero-order valence-electron chi connectivity index (χ0n) is 10.4. The van der Waals surface area contributed by atoms with Crippen LogP contribution in [0.4, 0.5) is 4.39 Å². The number of alkyl halides is 1. The number of carbonyl (C=O) groups excluding carboxylic acids is 1. The zero-order valence-corrected chi connectivity index (χ0v) is 11.2. The molecule has 1 aliphatic heterocycles. The number of amides is 1. The molecule has 1 fully saturated rings. The maximum Gasteiger partial charge on any atom is 0.227 e. The average molecular weight is 270 g/mol. The Balaban J connectivity index is 1.99. The quantitative estimate of drug-likeness (QED) is 0.756. The van der Waals surface area contributed by atoms with Gasteiger partial charge in [0.1, 0.15) is 5.82 Å². The van der Waals surface area contributed by atoms with Crippen LogP contribution in [-0.4, -0.2) is 29.3 Å². The highest BCUT2D eigenvalue weighted by molar-refractivity contribution is 6.21. The second kappa shape index (κ2) is 5.70. The molecule has 2 unspecified atom stereocenters. The number of likely N-dealkylation sites (tertiary alicyclic amines) is 1. The van der Waals surface area contributed by atoms with Gasteiger partial charge in [0.15, 0.2) is 0 Å². The lowest BCUT2D eigenvalue weighted by molar-refractivity contribution is -0.131. The van der Waals surface area contributed by atoms with E-state index in [2.05, 4.69) is 6.92 Å². The van der Waals surface area contributed by atoms with Crippen LogP contribution in [0.1, 0.15) is 18.9 Å². The molecule has 1 aliphatic rings. The highest BCUT2D eigenvalue weighted by Crippen LogP contribution is 2.22. The fourth-order valence-corrected chi connectivity index (χ4v) is 2.46. The topological polar surface area (TPSA) is 20.3 Å². The highest BCUT2D eigenvalue weighted by Gasteiger charge is 2.27.